The average Bonchev–Trinajstić information content (AvgIpc) is 3.33. The summed E-state index contributed by atoms with van der Waals surface area (Å²) in [7, 11) is 1.27. The number of urea groups is 1. The third kappa shape index (κ3) is 7.04. The van der Waals surface area contributed by atoms with Crippen LogP contribution in [0.4, 0.5) is 24.1 Å². The number of anilines is 1. The van der Waals surface area contributed by atoms with Crippen molar-refractivity contribution in [2.45, 2.75) is 19.0 Å². The first-order valence-electron chi connectivity index (χ1n) is 11.7. The van der Waals surface area contributed by atoms with Gasteiger partial charge in [-0.25, -0.2) is 23.4 Å². The van der Waals surface area contributed by atoms with Gasteiger partial charge in [0.25, 0.3) is 0 Å². The molecule has 0 aliphatic rings. The van der Waals surface area contributed by atoms with Crippen LogP contribution in [0.2, 0.25) is 10.2 Å². The number of aromatic nitrogens is 2. The molecule has 0 radical (unpaired) electrons. The summed E-state index contributed by atoms with van der Waals surface area (Å²) in [4.78, 5) is 31.8. The smallest absolute Gasteiger partial charge is 0.411 e. The van der Waals surface area contributed by atoms with Gasteiger partial charge >= 0.3 is 12.1 Å². The molecule has 4 rings (SSSR count). The Bertz CT molecular complexity index is 1470. The van der Waals surface area contributed by atoms with Crippen molar-refractivity contribution in [3.05, 3.63) is 105 Å². The minimum absolute atomic E-state index is 0.238. The first kappa shape index (κ1) is 27.9. The van der Waals surface area contributed by atoms with Crippen LogP contribution in [-0.4, -0.2) is 29.2 Å². The van der Waals surface area contributed by atoms with Gasteiger partial charge in [0.05, 0.1) is 24.7 Å². The summed E-state index contributed by atoms with van der Waals surface area (Å²) in [6, 6.07) is 16.9. The van der Waals surface area contributed by atoms with Gasteiger partial charge in [-0.05, 0) is 36.2 Å². The third-order valence-electron chi connectivity index (χ3n) is 5.75. The zero-order valence-electron chi connectivity index (χ0n) is 20.5. The Balaban J connectivity index is 1.54. The second-order valence-electron chi connectivity index (χ2n) is 8.37. The van der Waals surface area contributed by atoms with Crippen LogP contribution in [-0.2, 0) is 17.7 Å². The van der Waals surface area contributed by atoms with Crippen molar-refractivity contribution in [1.82, 2.24) is 20.6 Å². The van der Waals surface area contributed by atoms with Crippen molar-refractivity contribution in [2.75, 3.05) is 12.4 Å². The van der Waals surface area contributed by atoms with E-state index >= 15 is 0 Å². The van der Waals surface area contributed by atoms with Gasteiger partial charge < -0.3 is 20.4 Å². The van der Waals surface area contributed by atoms with Gasteiger partial charge in [-0.15, -0.1) is 0 Å². The molecule has 0 aliphatic carbocycles. The van der Waals surface area contributed by atoms with Gasteiger partial charge in [-0.2, -0.15) is 0 Å². The quantitative estimate of drug-likeness (QED) is 0.177. The predicted molar refractivity (Wildman–Crippen MR) is 145 cm³/mol. The van der Waals surface area contributed by atoms with E-state index in [4.69, 9.17) is 23.2 Å². The molecule has 1 atom stereocenters. The molecule has 202 valence electrons. The number of imidazole rings is 1. The maximum atomic E-state index is 14.2. The number of ether oxygens (including phenoxy) is 1. The van der Waals surface area contributed by atoms with Gasteiger partial charge in [0, 0.05) is 16.8 Å². The molecule has 0 saturated heterocycles. The van der Waals surface area contributed by atoms with E-state index < -0.39 is 36.3 Å². The molecule has 0 fully saturated rings. The summed E-state index contributed by atoms with van der Waals surface area (Å²) in [5.74, 6) is -1.40. The van der Waals surface area contributed by atoms with Crippen LogP contribution in [0.25, 0.3) is 11.3 Å². The van der Waals surface area contributed by atoms with E-state index in [0.717, 1.165) is 17.7 Å². The highest BCUT2D eigenvalue weighted by Crippen LogP contribution is 2.29. The highest BCUT2D eigenvalue weighted by Gasteiger charge is 2.22. The van der Waals surface area contributed by atoms with E-state index in [-0.39, 0.29) is 15.7 Å². The standard InChI is InChI=1S/C27H23Cl2F2N5O3/c1-39-27(38)33-17-9-7-16(8-10-17)23-24(29)36-25(35-23)21(13-15-5-3-2-4-6-15)34-26(37)32-14-18-20(30)12-11-19(28)22(18)31/h2-12,21H,13-14H2,1H3,(H,33,38)(H,35,36)(H2,32,34,37)/t21-/m0/s1. The van der Waals surface area contributed by atoms with Crippen LogP contribution < -0.4 is 16.0 Å². The van der Waals surface area contributed by atoms with Gasteiger partial charge in [0.15, 0.2) is 0 Å². The zero-order chi connectivity index (χ0) is 27.9. The molecule has 4 aromatic rings. The molecule has 0 aliphatic heterocycles. The van der Waals surface area contributed by atoms with Crippen LogP contribution in [0.15, 0.2) is 66.7 Å². The predicted octanol–water partition coefficient (Wildman–Crippen LogP) is 6.62. The third-order valence-corrected chi connectivity index (χ3v) is 6.32. The van der Waals surface area contributed by atoms with Crippen molar-refractivity contribution in [3.8, 4) is 11.3 Å². The van der Waals surface area contributed by atoms with E-state index in [1.165, 1.54) is 7.11 Å². The van der Waals surface area contributed by atoms with Crippen molar-refractivity contribution in [1.29, 1.82) is 0 Å². The first-order chi connectivity index (χ1) is 18.7. The Morgan fingerprint density at radius 3 is 2.44 bits per heavy atom. The number of H-pyrrole nitrogens is 1. The Hall–Kier alpha value is -4.15. The number of benzene rings is 3. The molecule has 3 aromatic carbocycles. The molecule has 0 saturated carbocycles. The molecule has 0 bridgehead atoms. The number of carbonyl (C=O) groups excluding carboxylic acids is 2. The monoisotopic (exact) mass is 573 g/mol. The number of carbonyl (C=O) groups is 2. The Morgan fingerprint density at radius 1 is 1.03 bits per heavy atom. The molecule has 1 aromatic heterocycles. The maximum absolute atomic E-state index is 14.2. The highest BCUT2D eigenvalue weighted by atomic mass is 35.5. The second-order valence-corrected chi connectivity index (χ2v) is 9.15. The van der Waals surface area contributed by atoms with Gasteiger partial charge in [0.1, 0.15) is 28.3 Å². The molecular formula is C27H23Cl2F2N5O3. The number of aromatic amines is 1. The van der Waals surface area contributed by atoms with Crippen molar-refractivity contribution >= 4 is 41.0 Å². The molecule has 3 amide bonds. The zero-order valence-corrected chi connectivity index (χ0v) is 22.0. The first-order valence-corrected chi connectivity index (χ1v) is 12.4. The molecule has 12 heteroatoms. The van der Waals surface area contributed by atoms with Crippen LogP contribution >= 0.6 is 23.2 Å². The average molecular weight is 574 g/mol. The minimum Gasteiger partial charge on any atom is -0.453 e. The topological polar surface area (TPSA) is 108 Å². The number of methoxy groups -OCH3 is 1. The second kappa shape index (κ2) is 12.6. The lowest BCUT2D eigenvalue weighted by Gasteiger charge is -2.18. The summed E-state index contributed by atoms with van der Waals surface area (Å²) in [6.07, 6.45) is -0.254. The summed E-state index contributed by atoms with van der Waals surface area (Å²) < 4.78 is 32.9. The van der Waals surface area contributed by atoms with E-state index in [1.807, 2.05) is 30.3 Å². The summed E-state index contributed by atoms with van der Waals surface area (Å²) in [5, 5.41) is 7.81. The van der Waals surface area contributed by atoms with Crippen molar-refractivity contribution in [2.24, 2.45) is 0 Å². The van der Waals surface area contributed by atoms with Gasteiger partial charge in [-0.3, -0.25) is 5.32 Å². The summed E-state index contributed by atoms with van der Waals surface area (Å²) in [6.45, 7) is -0.418. The van der Waals surface area contributed by atoms with Crippen molar-refractivity contribution < 1.29 is 23.1 Å². The molecule has 0 spiro atoms. The number of nitrogens with one attached hydrogen (secondary N) is 4. The van der Waals surface area contributed by atoms with Crippen LogP contribution in [0.3, 0.4) is 0 Å². The van der Waals surface area contributed by atoms with E-state index in [1.54, 1.807) is 24.3 Å². The largest absolute Gasteiger partial charge is 0.453 e. The fourth-order valence-corrected chi connectivity index (χ4v) is 4.21. The van der Waals surface area contributed by atoms with E-state index in [0.29, 0.717) is 29.2 Å². The fourth-order valence-electron chi connectivity index (χ4n) is 3.78. The number of hydrogen-bond donors (Lipinski definition) is 4. The molecular weight excluding hydrogens is 551 g/mol. The number of amides is 3. The number of nitrogens with zero attached hydrogens (tertiary/aromatic N) is 1. The minimum atomic E-state index is -0.937. The molecule has 0 unspecified atom stereocenters. The maximum Gasteiger partial charge on any atom is 0.411 e. The molecule has 39 heavy (non-hydrogen) atoms. The number of rotatable bonds is 8. The lowest BCUT2D eigenvalue weighted by Crippen LogP contribution is -2.39. The van der Waals surface area contributed by atoms with Crippen LogP contribution in [0, 0.1) is 11.6 Å². The van der Waals surface area contributed by atoms with Crippen LogP contribution in [0.5, 0.6) is 0 Å². The number of halogens is 4. The Labute approximate surface area is 232 Å². The summed E-state index contributed by atoms with van der Waals surface area (Å²) in [5.41, 5.74) is 2.16. The molecule has 8 nitrogen and oxygen atoms in total. The normalized spacial score (nSPS) is 11.5. The van der Waals surface area contributed by atoms with Gasteiger partial charge in [-0.1, -0.05) is 65.7 Å². The Kier molecular flexibility index (Phi) is 9.00. The lowest BCUT2D eigenvalue weighted by atomic mass is 10.1. The van der Waals surface area contributed by atoms with Gasteiger partial charge in [0.2, 0.25) is 0 Å². The Morgan fingerprint density at radius 2 is 1.74 bits per heavy atom. The van der Waals surface area contributed by atoms with Crippen molar-refractivity contribution in [3.63, 3.8) is 0 Å². The van der Waals surface area contributed by atoms with Crippen LogP contribution in [0.1, 0.15) is 23.0 Å². The fraction of sp³-hybridized carbons (Fsp3) is 0.148. The van der Waals surface area contributed by atoms with E-state index in [2.05, 4.69) is 30.7 Å². The molecule has 4 N–H and O–H groups in total. The molecule has 1 heterocycles. The SMILES string of the molecule is COC(=O)Nc1ccc(-c2nc([C@H](Cc3ccccc3)NC(=O)NCc3c(F)ccc(Cl)c3F)[nH]c2Cl)cc1. The lowest BCUT2D eigenvalue weighted by molar-refractivity contribution is 0.187. The van der Waals surface area contributed by atoms with E-state index in [9.17, 15) is 18.4 Å². The summed E-state index contributed by atoms with van der Waals surface area (Å²) >= 11 is 12.2. The highest BCUT2D eigenvalue weighted by molar-refractivity contribution is 6.32. The number of hydrogen-bond acceptors (Lipinski definition) is 4.